The number of benzene rings is 1. The van der Waals surface area contributed by atoms with Gasteiger partial charge >= 0.3 is 0 Å². The molecule has 1 saturated carbocycles. The minimum absolute atomic E-state index is 0.0361. The number of imidazole rings is 2. The fraction of sp³-hybridized carbons (Fsp3) is 0.357. The van der Waals surface area contributed by atoms with E-state index in [4.69, 9.17) is 0 Å². The molecule has 1 aromatic carbocycles. The average Bonchev–Trinajstić information content (AvgIpc) is 3.24. The maximum Gasteiger partial charge on any atom is 0.259 e. The Bertz CT molecular complexity index is 1460. The first-order valence-electron chi connectivity index (χ1n) is 12.6. The predicted molar refractivity (Wildman–Crippen MR) is 136 cm³/mol. The molecule has 4 heterocycles. The highest BCUT2D eigenvalue weighted by atomic mass is 19.1. The van der Waals surface area contributed by atoms with Gasteiger partial charge in [0, 0.05) is 30.0 Å². The molecule has 8 heteroatoms. The highest BCUT2D eigenvalue weighted by Gasteiger charge is 2.29. The first-order valence-corrected chi connectivity index (χ1v) is 12.6. The number of carbonyl (C=O) groups excluding carboxylic acids is 1. The van der Waals surface area contributed by atoms with Crippen LogP contribution in [0.3, 0.4) is 0 Å². The Labute approximate surface area is 209 Å². The van der Waals surface area contributed by atoms with E-state index in [0.717, 1.165) is 48.5 Å². The highest BCUT2D eigenvalue weighted by molar-refractivity contribution is 6.04. The largest absolute Gasteiger partial charge is 0.323 e. The van der Waals surface area contributed by atoms with Crippen molar-refractivity contribution in [1.29, 1.82) is 0 Å². The van der Waals surface area contributed by atoms with Crippen LogP contribution >= 0.6 is 0 Å². The van der Waals surface area contributed by atoms with E-state index in [1.54, 1.807) is 18.5 Å². The number of hydrogen-bond acceptors (Lipinski definition) is 4. The van der Waals surface area contributed by atoms with Crippen LogP contribution in [0.2, 0.25) is 0 Å². The number of anilines is 1. The zero-order chi connectivity index (χ0) is 25.0. The summed E-state index contributed by atoms with van der Waals surface area (Å²) in [4.78, 5) is 26.9. The van der Waals surface area contributed by atoms with E-state index >= 15 is 0 Å². The second kappa shape index (κ2) is 8.69. The van der Waals surface area contributed by atoms with Crippen molar-refractivity contribution in [3.63, 3.8) is 0 Å². The monoisotopic (exact) mass is 484 g/mol. The number of nitrogens with one attached hydrogen (secondary N) is 1. The van der Waals surface area contributed by atoms with Crippen molar-refractivity contribution in [3.8, 4) is 17.2 Å². The molecule has 2 aliphatic rings. The number of amides is 1. The fourth-order valence-electron chi connectivity index (χ4n) is 5.18. The summed E-state index contributed by atoms with van der Waals surface area (Å²) in [6, 6.07) is 8.78. The maximum atomic E-state index is 14.9. The number of pyridine rings is 1. The van der Waals surface area contributed by atoms with Crippen LogP contribution in [0.4, 0.5) is 10.2 Å². The quantitative estimate of drug-likeness (QED) is 0.372. The fourth-order valence-corrected chi connectivity index (χ4v) is 5.18. The molecule has 1 N–H and O–H groups in total. The van der Waals surface area contributed by atoms with Gasteiger partial charge in [0.2, 0.25) is 0 Å². The second-order valence-electron chi connectivity index (χ2n) is 10.3. The Morgan fingerprint density at radius 2 is 2.00 bits per heavy atom. The summed E-state index contributed by atoms with van der Waals surface area (Å²) < 4.78 is 19.0. The molecule has 1 aliphatic carbocycles. The van der Waals surface area contributed by atoms with Gasteiger partial charge in [-0.1, -0.05) is 19.9 Å². The van der Waals surface area contributed by atoms with E-state index in [1.807, 2.05) is 36.0 Å². The minimum atomic E-state index is -0.571. The molecule has 36 heavy (non-hydrogen) atoms. The van der Waals surface area contributed by atoms with Crippen molar-refractivity contribution in [3.05, 3.63) is 77.4 Å². The van der Waals surface area contributed by atoms with E-state index in [0.29, 0.717) is 29.4 Å². The Morgan fingerprint density at radius 3 is 2.78 bits per heavy atom. The third-order valence-corrected chi connectivity index (χ3v) is 7.30. The van der Waals surface area contributed by atoms with Gasteiger partial charge in [-0.3, -0.25) is 4.79 Å². The number of nitrogens with zero attached hydrogens (tertiary/aromatic N) is 5. The van der Waals surface area contributed by atoms with Crippen LogP contribution in [0, 0.1) is 18.7 Å². The molecule has 0 bridgehead atoms. The third kappa shape index (κ3) is 4.00. The molecule has 0 radical (unpaired) electrons. The maximum absolute atomic E-state index is 14.9. The third-order valence-electron chi connectivity index (χ3n) is 7.30. The molecular weight excluding hydrogens is 455 g/mol. The first kappa shape index (κ1) is 22.6. The minimum Gasteiger partial charge on any atom is -0.323 e. The van der Waals surface area contributed by atoms with Crippen molar-refractivity contribution in [2.45, 2.75) is 58.4 Å². The second-order valence-corrected chi connectivity index (χ2v) is 10.3. The van der Waals surface area contributed by atoms with Crippen molar-refractivity contribution >= 4 is 11.7 Å². The summed E-state index contributed by atoms with van der Waals surface area (Å²) in [5, 5.41) is 2.78. The van der Waals surface area contributed by atoms with Crippen LogP contribution in [0.1, 0.15) is 72.4 Å². The topological polar surface area (TPSA) is 77.6 Å². The van der Waals surface area contributed by atoms with Crippen LogP contribution in [-0.2, 0) is 6.42 Å². The summed E-state index contributed by atoms with van der Waals surface area (Å²) in [5.74, 6) is 1.03. The number of carbonyl (C=O) groups is 1. The van der Waals surface area contributed by atoms with Gasteiger partial charge in [0.25, 0.3) is 5.91 Å². The summed E-state index contributed by atoms with van der Waals surface area (Å²) >= 11 is 0. The number of aryl methyl sites for hydroxylation is 2. The van der Waals surface area contributed by atoms with Crippen LogP contribution in [0.25, 0.3) is 17.2 Å². The zero-order valence-electron chi connectivity index (χ0n) is 20.7. The van der Waals surface area contributed by atoms with E-state index in [9.17, 15) is 9.18 Å². The Balaban J connectivity index is 1.28. The summed E-state index contributed by atoms with van der Waals surface area (Å²) in [6.07, 6.45) is 10.0. The molecule has 1 atom stereocenters. The van der Waals surface area contributed by atoms with Crippen LogP contribution in [-0.4, -0.2) is 30.0 Å². The van der Waals surface area contributed by atoms with Crippen LogP contribution < -0.4 is 5.32 Å². The molecule has 0 saturated heterocycles. The lowest BCUT2D eigenvalue weighted by atomic mass is 10.0. The number of aromatic nitrogens is 5. The van der Waals surface area contributed by atoms with Crippen molar-refractivity contribution < 1.29 is 9.18 Å². The van der Waals surface area contributed by atoms with Gasteiger partial charge in [0.1, 0.15) is 17.3 Å². The lowest BCUT2D eigenvalue weighted by Crippen LogP contribution is -2.16. The molecule has 184 valence electrons. The van der Waals surface area contributed by atoms with Gasteiger partial charge in [0.05, 0.1) is 23.3 Å². The molecule has 0 unspecified atom stereocenters. The van der Waals surface area contributed by atoms with Gasteiger partial charge in [-0.05, 0) is 68.4 Å². The molecule has 6 rings (SSSR count). The Kier molecular flexibility index (Phi) is 5.47. The molecule has 1 fully saturated rings. The number of halogens is 1. The molecule has 0 spiro atoms. The SMILES string of the molecule is Cc1cc(F)c(C(=O)Nc2cccc(-c3ncc4n3[C@@H](C(C)C)CC4)n2)cc1-n1cnc(C2CC2)c1. The predicted octanol–water partition coefficient (Wildman–Crippen LogP) is 5.85. The van der Waals surface area contributed by atoms with Gasteiger partial charge in [-0.2, -0.15) is 0 Å². The molecule has 7 nitrogen and oxygen atoms in total. The van der Waals surface area contributed by atoms with Gasteiger partial charge in [0.15, 0.2) is 5.82 Å². The van der Waals surface area contributed by atoms with Crippen molar-refractivity contribution in [1.82, 2.24) is 24.1 Å². The van der Waals surface area contributed by atoms with E-state index in [-0.39, 0.29) is 5.56 Å². The average molecular weight is 485 g/mol. The van der Waals surface area contributed by atoms with Gasteiger partial charge < -0.3 is 14.5 Å². The summed E-state index contributed by atoms with van der Waals surface area (Å²) in [6.45, 7) is 6.26. The lowest BCUT2D eigenvalue weighted by molar-refractivity contribution is 0.102. The standard InChI is InChI=1S/C28H29FN6O/c1-16(2)24-10-9-19-13-30-27(35(19)24)22-5-4-6-26(32-22)33-28(36)20-12-25(17(3)11-21(20)29)34-14-23(31-15-34)18-7-8-18/h4-6,11-16,18,24H,7-10H2,1-3H3,(H,32,33,36)/t24-/m1/s1. The zero-order valence-corrected chi connectivity index (χ0v) is 20.7. The Hall–Kier alpha value is -3.81. The lowest BCUT2D eigenvalue weighted by Gasteiger charge is -2.19. The van der Waals surface area contributed by atoms with Crippen molar-refractivity contribution in [2.75, 3.05) is 5.32 Å². The molecule has 1 amide bonds. The van der Waals surface area contributed by atoms with E-state index < -0.39 is 11.7 Å². The molecule has 1 aliphatic heterocycles. The number of rotatable bonds is 6. The summed E-state index contributed by atoms with van der Waals surface area (Å²) in [7, 11) is 0. The Morgan fingerprint density at radius 1 is 1.17 bits per heavy atom. The highest BCUT2D eigenvalue weighted by Crippen LogP contribution is 2.39. The van der Waals surface area contributed by atoms with E-state index in [1.165, 1.54) is 11.8 Å². The smallest absolute Gasteiger partial charge is 0.259 e. The molecular formula is C28H29FN6O. The molecule has 4 aromatic rings. The summed E-state index contributed by atoms with van der Waals surface area (Å²) in [5.41, 5.74) is 4.36. The van der Waals surface area contributed by atoms with Gasteiger partial charge in [-0.25, -0.2) is 19.3 Å². The van der Waals surface area contributed by atoms with Crippen LogP contribution in [0.5, 0.6) is 0 Å². The number of hydrogen-bond donors (Lipinski definition) is 1. The van der Waals surface area contributed by atoms with Gasteiger partial charge in [-0.15, -0.1) is 0 Å². The van der Waals surface area contributed by atoms with E-state index in [2.05, 4.69) is 38.7 Å². The number of fused-ring (bicyclic) bond motifs is 1. The molecule has 3 aromatic heterocycles. The first-order chi connectivity index (χ1) is 17.4. The van der Waals surface area contributed by atoms with Crippen molar-refractivity contribution in [2.24, 2.45) is 5.92 Å². The normalized spacial score (nSPS) is 17.0. The van der Waals surface area contributed by atoms with Crippen LogP contribution in [0.15, 0.2) is 49.1 Å².